The highest BCUT2D eigenvalue weighted by Gasteiger charge is 2.09. The van der Waals surface area contributed by atoms with Crippen LogP contribution < -0.4 is 5.32 Å². The van der Waals surface area contributed by atoms with Gasteiger partial charge in [0.1, 0.15) is 5.52 Å². The molecule has 5 nitrogen and oxygen atoms in total. The summed E-state index contributed by atoms with van der Waals surface area (Å²) in [5, 5.41) is 3.18. The van der Waals surface area contributed by atoms with Gasteiger partial charge in [-0.3, -0.25) is 4.57 Å². The van der Waals surface area contributed by atoms with Gasteiger partial charge in [-0.05, 0) is 25.6 Å². The maximum atomic E-state index is 5.27. The molecule has 16 heavy (non-hydrogen) atoms. The maximum Gasteiger partial charge on any atom is 0.203 e. The van der Waals surface area contributed by atoms with Gasteiger partial charge in [-0.25, -0.2) is 9.97 Å². The molecule has 0 saturated carbocycles. The van der Waals surface area contributed by atoms with Crippen LogP contribution in [0.4, 0.5) is 5.82 Å². The smallest absolute Gasteiger partial charge is 0.203 e. The average molecular weight is 237 g/mol. The number of anilines is 1. The van der Waals surface area contributed by atoms with E-state index in [0.717, 1.165) is 36.5 Å². The molecule has 0 aliphatic rings. The number of aromatic amines is 1. The van der Waals surface area contributed by atoms with Crippen LogP contribution in [0.2, 0.25) is 0 Å². The molecule has 2 rings (SSSR count). The SMILES string of the molecule is CCCn1c(=S)nc(NCC)c2[nH]cnc21. The second-order valence-corrected chi connectivity index (χ2v) is 3.89. The highest BCUT2D eigenvalue weighted by molar-refractivity contribution is 7.71. The van der Waals surface area contributed by atoms with Crippen LogP contribution in [0.25, 0.3) is 11.2 Å². The lowest BCUT2D eigenvalue weighted by Gasteiger charge is -2.09. The summed E-state index contributed by atoms with van der Waals surface area (Å²) >= 11 is 5.27. The topological polar surface area (TPSA) is 58.5 Å². The Hall–Kier alpha value is -1.43. The molecule has 2 aromatic heterocycles. The van der Waals surface area contributed by atoms with Crippen LogP contribution in [0, 0.1) is 4.77 Å². The first kappa shape index (κ1) is 11.1. The summed E-state index contributed by atoms with van der Waals surface area (Å²) < 4.78 is 2.54. The number of aromatic nitrogens is 4. The Morgan fingerprint density at radius 2 is 2.31 bits per heavy atom. The van der Waals surface area contributed by atoms with Crippen molar-refractivity contribution in [2.24, 2.45) is 0 Å². The van der Waals surface area contributed by atoms with Gasteiger partial charge in [0.15, 0.2) is 11.5 Å². The number of imidazole rings is 1. The molecule has 0 aliphatic heterocycles. The molecule has 2 aromatic rings. The molecule has 0 amide bonds. The first-order valence-electron chi connectivity index (χ1n) is 5.45. The highest BCUT2D eigenvalue weighted by atomic mass is 32.1. The normalized spacial score (nSPS) is 10.9. The fourth-order valence-corrected chi connectivity index (χ4v) is 1.96. The monoisotopic (exact) mass is 237 g/mol. The van der Waals surface area contributed by atoms with Crippen LogP contribution >= 0.6 is 12.2 Å². The average Bonchev–Trinajstić information content (AvgIpc) is 2.73. The number of nitrogens with one attached hydrogen (secondary N) is 2. The van der Waals surface area contributed by atoms with E-state index in [1.165, 1.54) is 0 Å². The molecule has 86 valence electrons. The van der Waals surface area contributed by atoms with E-state index in [-0.39, 0.29) is 0 Å². The minimum atomic E-state index is 0.581. The zero-order valence-corrected chi connectivity index (χ0v) is 10.3. The molecule has 0 aliphatic carbocycles. The molecule has 0 atom stereocenters. The third-order valence-corrected chi connectivity index (χ3v) is 2.65. The van der Waals surface area contributed by atoms with E-state index in [1.807, 2.05) is 11.5 Å². The Balaban J connectivity index is 2.66. The minimum absolute atomic E-state index is 0.581. The van der Waals surface area contributed by atoms with Gasteiger partial charge >= 0.3 is 0 Å². The first-order valence-corrected chi connectivity index (χ1v) is 5.86. The van der Waals surface area contributed by atoms with Gasteiger partial charge in [0.05, 0.1) is 6.33 Å². The molecule has 0 bridgehead atoms. The Bertz CT molecular complexity index is 542. The van der Waals surface area contributed by atoms with Gasteiger partial charge in [0.25, 0.3) is 0 Å². The molecule has 2 N–H and O–H groups in total. The van der Waals surface area contributed by atoms with E-state index in [9.17, 15) is 0 Å². The molecule has 0 saturated heterocycles. The molecule has 0 aromatic carbocycles. The predicted molar refractivity (Wildman–Crippen MR) is 67.2 cm³/mol. The summed E-state index contributed by atoms with van der Waals surface area (Å²) in [5.41, 5.74) is 1.79. The highest BCUT2D eigenvalue weighted by Crippen LogP contribution is 2.18. The second kappa shape index (κ2) is 4.61. The van der Waals surface area contributed by atoms with Crippen molar-refractivity contribution in [3.05, 3.63) is 11.1 Å². The molecule has 2 heterocycles. The van der Waals surface area contributed by atoms with Crippen LogP contribution in [-0.4, -0.2) is 26.1 Å². The lowest BCUT2D eigenvalue weighted by molar-refractivity contribution is 0.671. The van der Waals surface area contributed by atoms with Crippen molar-refractivity contribution in [1.82, 2.24) is 19.5 Å². The van der Waals surface area contributed by atoms with E-state index in [2.05, 4.69) is 27.2 Å². The summed E-state index contributed by atoms with van der Waals surface area (Å²) in [6.45, 7) is 5.80. The molecule has 0 fully saturated rings. The Morgan fingerprint density at radius 1 is 1.50 bits per heavy atom. The maximum absolute atomic E-state index is 5.27. The van der Waals surface area contributed by atoms with Crippen LogP contribution in [0.5, 0.6) is 0 Å². The number of fused-ring (bicyclic) bond motifs is 1. The van der Waals surface area contributed by atoms with E-state index in [0.29, 0.717) is 4.77 Å². The van der Waals surface area contributed by atoms with Crippen molar-refractivity contribution in [1.29, 1.82) is 0 Å². The van der Waals surface area contributed by atoms with Crippen LogP contribution in [0.15, 0.2) is 6.33 Å². The zero-order chi connectivity index (χ0) is 11.5. The fraction of sp³-hybridized carbons (Fsp3) is 0.500. The van der Waals surface area contributed by atoms with Gasteiger partial charge in [0.2, 0.25) is 4.77 Å². The number of hydrogen-bond donors (Lipinski definition) is 2. The van der Waals surface area contributed by atoms with Crippen molar-refractivity contribution < 1.29 is 0 Å². The summed E-state index contributed by atoms with van der Waals surface area (Å²) in [4.78, 5) is 11.8. The van der Waals surface area contributed by atoms with Crippen molar-refractivity contribution in [2.75, 3.05) is 11.9 Å². The summed E-state index contributed by atoms with van der Waals surface area (Å²) in [6.07, 6.45) is 2.69. The first-order chi connectivity index (χ1) is 7.77. The summed E-state index contributed by atoms with van der Waals surface area (Å²) in [6, 6.07) is 0. The van der Waals surface area contributed by atoms with Crippen molar-refractivity contribution in [2.45, 2.75) is 26.8 Å². The molecular weight excluding hydrogens is 222 g/mol. The Labute approximate surface area is 98.9 Å². The standard InChI is InChI=1S/C10H15N5S/c1-3-5-15-9-7(12-6-13-9)8(11-4-2)14-10(15)16/h6H,3-5H2,1-2H3,(H,12,13)(H,11,14,16). The number of nitrogens with zero attached hydrogens (tertiary/aromatic N) is 3. The number of aryl methyl sites for hydroxylation is 1. The molecule has 0 spiro atoms. The third kappa shape index (κ3) is 1.80. The van der Waals surface area contributed by atoms with Gasteiger partial charge in [-0.2, -0.15) is 0 Å². The van der Waals surface area contributed by atoms with Crippen molar-refractivity contribution >= 4 is 29.2 Å². The lowest BCUT2D eigenvalue weighted by Crippen LogP contribution is -2.08. The van der Waals surface area contributed by atoms with Gasteiger partial charge in [-0.15, -0.1) is 0 Å². The minimum Gasteiger partial charge on any atom is -0.368 e. The largest absolute Gasteiger partial charge is 0.368 e. The second-order valence-electron chi connectivity index (χ2n) is 3.53. The predicted octanol–water partition coefficient (Wildman–Crippen LogP) is 2.33. The molecular formula is C10H15N5S. The summed E-state index contributed by atoms with van der Waals surface area (Å²) in [7, 11) is 0. The van der Waals surface area contributed by atoms with Gasteiger partial charge in [-0.1, -0.05) is 6.92 Å². The molecule has 0 unspecified atom stereocenters. The number of rotatable bonds is 4. The molecule has 0 radical (unpaired) electrons. The third-order valence-electron chi connectivity index (χ3n) is 2.34. The Morgan fingerprint density at radius 3 is 3.00 bits per heavy atom. The van der Waals surface area contributed by atoms with E-state index < -0.39 is 0 Å². The van der Waals surface area contributed by atoms with Crippen LogP contribution in [0.1, 0.15) is 20.3 Å². The Kier molecular flexibility index (Phi) is 3.19. The summed E-state index contributed by atoms with van der Waals surface area (Å²) in [5.74, 6) is 0.785. The quantitative estimate of drug-likeness (QED) is 0.801. The fourth-order valence-electron chi connectivity index (χ4n) is 1.69. The van der Waals surface area contributed by atoms with Crippen molar-refractivity contribution in [3.63, 3.8) is 0 Å². The van der Waals surface area contributed by atoms with Crippen molar-refractivity contribution in [3.8, 4) is 0 Å². The van der Waals surface area contributed by atoms with Gasteiger partial charge < -0.3 is 10.3 Å². The zero-order valence-electron chi connectivity index (χ0n) is 9.45. The van der Waals surface area contributed by atoms with E-state index >= 15 is 0 Å². The number of hydrogen-bond acceptors (Lipinski definition) is 4. The molecule has 6 heteroatoms. The van der Waals surface area contributed by atoms with Gasteiger partial charge in [0, 0.05) is 13.1 Å². The van der Waals surface area contributed by atoms with E-state index in [1.54, 1.807) is 6.33 Å². The van der Waals surface area contributed by atoms with Crippen LogP contribution in [-0.2, 0) is 6.54 Å². The van der Waals surface area contributed by atoms with E-state index in [4.69, 9.17) is 12.2 Å². The lowest BCUT2D eigenvalue weighted by atomic mass is 10.4. The van der Waals surface area contributed by atoms with Crippen LogP contribution in [0.3, 0.4) is 0 Å². The number of H-pyrrole nitrogens is 1.